The first-order chi connectivity index (χ1) is 15.5. The van der Waals surface area contributed by atoms with E-state index < -0.39 is 66.6 Å². The normalized spacial score (nSPS) is 13.1. The Morgan fingerprint density at radius 1 is 0.818 bits per heavy atom. The number of hydrogen-bond acceptors (Lipinski definition) is 7. The average Bonchev–Trinajstić information content (AvgIpc) is 2.75. The van der Waals surface area contributed by atoms with Crippen LogP contribution in [0.1, 0.15) is 24.8 Å². The summed E-state index contributed by atoms with van der Waals surface area (Å²) < 4.78 is 0. The molecule has 10 N–H and O–H groups in total. The van der Waals surface area contributed by atoms with E-state index in [0.717, 1.165) is 0 Å². The van der Waals surface area contributed by atoms with Gasteiger partial charge < -0.3 is 38.3 Å². The molecule has 3 atom stereocenters. The molecule has 0 radical (unpaired) electrons. The highest BCUT2D eigenvalue weighted by Gasteiger charge is 2.30. The van der Waals surface area contributed by atoms with Gasteiger partial charge in [0.05, 0.1) is 13.0 Å². The molecule has 0 bridgehead atoms. The number of benzene rings is 1. The molecule has 0 aliphatic heterocycles. The van der Waals surface area contributed by atoms with E-state index in [0.29, 0.717) is 5.56 Å². The predicted octanol–water partition coefficient (Wildman–Crippen LogP) is -3.13. The molecule has 180 valence electrons. The van der Waals surface area contributed by atoms with Gasteiger partial charge in [-0.1, -0.05) is 30.3 Å². The Morgan fingerprint density at radius 2 is 1.39 bits per heavy atom. The Bertz CT molecular complexity index is 877. The SMILES string of the molecule is NCC(=O)NC(CC(N)=O)C(=O)NC(CCC(N)=O)C(=O)NC(Cc1ccccc1)C(=O)O. The van der Waals surface area contributed by atoms with Crippen molar-refractivity contribution in [2.24, 2.45) is 17.2 Å². The van der Waals surface area contributed by atoms with Crippen LogP contribution in [0, 0.1) is 0 Å². The molecule has 13 nitrogen and oxygen atoms in total. The van der Waals surface area contributed by atoms with Crippen molar-refractivity contribution in [1.29, 1.82) is 0 Å². The third-order valence-corrected chi connectivity index (χ3v) is 4.45. The maximum atomic E-state index is 12.8. The molecule has 0 aromatic heterocycles. The second kappa shape index (κ2) is 13.4. The lowest BCUT2D eigenvalue weighted by Gasteiger charge is -2.24. The molecule has 1 rings (SSSR count). The minimum atomic E-state index is -1.43. The number of aliphatic carboxylic acids is 1. The molecule has 33 heavy (non-hydrogen) atoms. The molecule has 0 saturated heterocycles. The number of primary amides is 2. The van der Waals surface area contributed by atoms with Gasteiger partial charge in [0.1, 0.15) is 18.1 Å². The Kier molecular flexibility index (Phi) is 11.0. The number of hydrogen-bond donors (Lipinski definition) is 7. The van der Waals surface area contributed by atoms with Crippen molar-refractivity contribution >= 4 is 35.5 Å². The number of carboxylic acids is 1. The Hall–Kier alpha value is -4.00. The van der Waals surface area contributed by atoms with Gasteiger partial charge in [-0.25, -0.2) is 4.79 Å². The minimum Gasteiger partial charge on any atom is -0.480 e. The molecule has 0 spiro atoms. The summed E-state index contributed by atoms with van der Waals surface area (Å²) in [6.07, 6.45) is -1.16. The number of rotatable bonds is 14. The summed E-state index contributed by atoms with van der Waals surface area (Å²) >= 11 is 0. The highest BCUT2D eigenvalue weighted by molar-refractivity contribution is 5.95. The highest BCUT2D eigenvalue weighted by Crippen LogP contribution is 2.06. The summed E-state index contributed by atoms with van der Waals surface area (Å²) in [6, 6.07) is 4.40. The summed E-state index contributed by atoms with van der Waals surface area (Å²) in [5, 5.41) is 16.3. The molecule has 13 heteroatoms. The zero-order chi connectivity index (χ0) is 25.0. The minimum absolute atomic E-state index is 0.0325. The van der Waals surface area contributed by atoms with Gasteiger partial charge in [-0.05, 0) is 12.0 Å². The summed E-state index contributed by atoms with van der Waals surface area (Å²) in [5.41, 5.74) is 16.1. The molecule has 5 amide bonds. The van der Waals surface area contributed by atoms with Crippen LogP contribution in [0.2, 0.25) is 0 Å². The monoisotopic (exact) mass is 464 g/mol. The smallest absolute Gasteiger partial charge is 0.326 e. The van der Waals surface area contributed by atoms with Gasteiger partial charge in [0.2, 0.25) is 29.5 Å². The van der Waals surface area contributed by atoms with Crippen LogP contribution in [-0.2, 0) is 35.2 Å². The first kappa shape index (κ1) is 27.0. The third kappa shape index (κ3) is 10.2. The van der Waals surface area contributed by atoms with E-state index in [1.54, 1.807) is 30.3 Å². The number of carbonyl (C=O) groups is 6. The van der Waals surface area contributed by atoms with E-state index >= 15 is 0 Å². The van der Waals surface area contributed by atoms with Gasteiger partial charge in [-0.15, -0.1) is 0 Å². The zero-order valence-electron chi connectivity index (χ0n) is 17.8. The summed E-state index contributed by atoms with van der Waals surface area (Å²) in [6.45, 7) is -0.464. The Morgan fingerprint density at radius 3 is 1.91 bits per heavy atom. The largest absolute Gasteiger partial charge is 0.480 e. The van der Waals surface area contributed by atoms with Gasteiger partial charge in [0.25, 0.3) is 0 Å². The molecule has 3 unspecified atom stereocenters. The Balaban J connectivity index is 3.00. The Labute approximate surface area is 189 Å². The van der Waals surface area contributed by atoms with Gasteiger partial charge in [-0.3, -0.25) is 24.0 Å². The van der Waals surface area contributed by atoms with Crippen LogP contribution >= 0.6 is 0 Å². The molecular formula is C20H28N6O7. The van der Waals surface area contributed by atoms with Crippen molar-refractivity contribution in [1.82, 2.24) is 16.0 Å². The molecule has 0 aliphatic carbocycles. The number of carboxylic acid groups (broad SMARTS) is 1. The fourth-order valence-electron chi connectivity index (χ4n) is 2.81. The van der Waals surface area contributed by atoms with Crippen molar-refractivity contribution < 1.29 is 33.9 Å². The maximum Gasteiger partial charge on any atom is 0.326 e. The van der Waals surface area contributed by atoms with Crippen molar-refractivity contribution in [3.05, 3.63) is 35.9 Å². The fraction of sp³-hybridized carbons (Fsp3) is 0.400. The van der Waals surface area contributed by atoms with Crippen molar-refractivity contribution in [2.75, 3.05) is 6.54 Å². The quantitative estimate of drug-likeness (QED) is 0.148. The van der Waals surface area contributed by atoms with Gasteiger partial charge in [0, 0.05) is 12.8 Å². The first-order valence-corrected chi connectivity index (χ1v) is 9.97. The highest BCUT2D eigenvalue weighted by atomic mass is 16.4. The van der Waals surface area contributed by atoms with Crippen LogP contribution in [0.5, 0.6) is 0 Å². The maximum absolute atomic E-state index is 12.8. The average molecular weight is 464 g/mol. The number of nitrogens with one attached hydrogen (secondary N) is 3. The van der Waals surface area contributed by atoms with E-state index in [1.165, 1.54) is 0 Å². The summed E-state index contributed by atoms with van der Waals surface area (Å²) in [5.74, 6) is -5.56. The van der Waals surface area contributed by atoms with Gasteiger partial charge in [0.15, 0.2) is 0 Å². The standard InChI is InChI=1S/C20H28N6O7/c21-10-17(29)24-13(9-16(23)28)19(31)25-12(6-7-15(22)27)18(30)26-14(20(32)33)8-11-4-2-1-3-5-11/h1-5,12-14H,6-10,21H2,(H2,22,27)(H2,23,28)(H,24,29)(H,25,31)(H,26,30)(H,32,33). The van der Waals surface area contributed by atoms with Crippen LogP contribution in [0.15, 0.2) is 30.3 Å². The number of carbonyl (C=O) groups excluding carboxylic acids is 5. The van der Waals surface area contributed by atoms with Crippen LogP contribution in [-0.4, -0.2) is 65.3 Å². The van der Waals surface area contributed by atoms with Crippen LogP contribution in [0.4, 0.5) is 0 Å². The molecule has 0 aliphatic rings. The lowest BCUT2D eigenvalue weighted by Crippen LogP contribution is -2.57. The van der Waals surface area contributed by atoms with Gasteiger partial charge >= 0.3 is 5.97 Å². The molecule has 0 saturated carbocycles. The fourth-order valence-corrected chi connectivity index (χ4v) is 2.81. The molecular weight excluding hydrogens is 436 g/mol. The topological polar surface area (TPSA) is 237 Å². The van der Waals surface area contributed by atoms with Crippen LogP contribution in [0.25, 0.3) is 0 Å². The lowest BCUT2D eigenvalue weighted by molar-refractivity contribution is -0.142. The van der Waals surface area contributed by atoms with Crippen molar-refractivity contribution in [3.63, 3.8) is 0 Å². The van der Waals surface area contributed by atoms with E-state index in [-0.39, 0.29) is 19.3 Å². The van der Waals surface area contributed by atoms with Gasteiger partial charge in [-0.2, -0.15) is 0 Å². The molecule has 1 aromatic carbocycles. The second-order valence-electron chi connectivity index (χ2n) is 7.15. The van der Waals surface area contributed by atoms with Crippen LogP contribution in [0.3, 0.4) is 0 Å². The number of nitrogens with two attached hydrogens (primary N) is 3. The second-order valence-corrected chi connectivity index (χ2v) is 7.15. The molecule has 0 fully saturated rings. The zero-order valence-corrected chi connectivity index (χ0v) is 17.8. The van der Waals surface area contributed by atoms with Crippen LogP contribution < -0.4 is 33.2 Å². The number of amides is 5. The van der Waals surface area contributed by atoms with Crippen molar-refractivity contribution in [3.8, 4) is 0 Å². The predicted molar refractivity (Wildman–Crippen MR) is 115 cm³/mol. The molecule has 1 aromatic rings. The van der Waals surface area contributed by atoms with E-state index in [2.05, 4.69) is 16.0 Å². The van der Waals surface area contributed by atoms with E-state index in [1.807, 2.05) is 0 Å². The summed E-state index contributed by atoms with van der Waals surface area (Å²) in [4.78, 5) is 71.1. The first-order valence-electron chi connectivity index (χ1n) is 9.97. The molecule has 0 heterocycles. The lowest BCUT2D eigenvalue weighted by atomic mass is 10.0. The van der Waals surface area contributed by atoms with Crippen molar-refractivity contribution in [2.45, 2.75) is 43.8 Å². The third-order valence-electron chi connectivity index (χ3n) is 4.45. The summed E-state index contributed by atoms with van der Waals surface area (Å²) in [7, 11) is 0. The van der Waals surface area contributed by atoms with E-state index in [9.17, 15) is 33.9 Å². The van der Waals surface area contributed by atoms with E-state index in [4.69, 9.17) is 17.2 Å².